The molecule has 4 atom stereocenters. The summed E-state index contributed by atoms with van der Waals surface area (Å²) in [5.74, 6) is -2.23. The molecule has 1 saturated heterocycles. The summed E-state index contributed by atoms with van der Waals surface area (Å²) in [6, 6.07) is 24.4. The Morgan fingerprint density at radius 2 is 1.30 bits per heavy atom. The molecular weight excluding hydrogens is 590 g/mol. The van der Waals surface area contributed by atoms with Gasteiger partial charge in [0.05, 0.1) is 22.2 Å². The van der Waals surface area contributed by atoms with Crippen LogP contribution in [0.2, 0.25) is 0 Å². The monoisotopic (exact) mass is 613 g/mol. The van der Waals surface area contributed by atoms with Gasteiger partial charge < -0.3 is 18.9 Å². The molecule has 3 heterocycles. The van der Waals surface area contributed by atoms with Crippen LogP contribution in [0.3, 0.4) is 0 Å². The normalized spacial score (nSPS) is 19.4. The molecule has 0 saturated carbocycles. The Labute approximate surface area is 252 Å². The van der Waals surface area contributed by atoms with Gasteiger partial charge in [0.2, 0.25) is 0 Å². The molecule has 1 N–H and O–H groups in total. The lowest BCUT2D eigenvalue weighted by Crippen LogP contribution is -2.43. The van der Waals surface area contributed by atoms with Crippen molar-refractivity contribution < 1.29 is 33.3 Å². The van der Waals surface area contributed by atoms with Gasteiger partial charge in [-0.15, -0.1) is 11.3 Å². The number of hydrogen-bond acceptors (Lipinski definition) is 11. The van der Waals surface area contributed by atoms with Crippen LogP contribution in [0.25, 0.3) is 10.3 Å². The van der Waals surface area contributed by atoms with Crippen molar-refractivity contribution >= 4 is 39.6 Å². The number of H-pyrrole nitrogens is 1. The van der Waals surface area contributed by atoms with Gasteiger partial charge in [-0.1, -0.05) is 54.6 Å². The number of esters is 3. The highest BCUT2D eigenvalue weighted by molar-refractivity contribution is 7.16. The zero-order valence-electron chi connectivity index (χ0n) is 22.7. The molecule has 5 aromatic rings. The van der Waals surface area contributed by atoms with E-state index in [-0.39, 0.29) is 27.0 Å². The third kappa shape index (κ3) is 5.78. The van der Waals surface area contributed by atoms with Crippen molar-refractivity contribution in [1.29, 1.82) is 0 Å². The van der Waals surface area contributed by atoms with Crippen LogP contribution in [0.15, 0.2) is 106 Å². The summed E-state index contributed by atoms with van der Waals surface area (Å²) in [5, 5.41) is 0. The molecule has 2 aromatic heterocycles. The van der Waals surface area contributed by atoms with E-state index in [9.17, 15) is 24.0 Å². The minimum absolute atomic E-state index is 0.0388. The predicted molar refractivity (Wildman–Crippen MR) is 156 cm³/mol. The van der Waals surface area contributed by atoms with Crippen LogP contribution >= 0.6 is 11.3 Å². The summed E-state index contributed by atoms with van der Waals surface area (Å²) in [6.07, 6.45) is -5.39. The molecule has 6 rings (SSSR count). The maximum absolute atomic E-state index is 13.3. The summed E-state index contributed by atoms with van der Waals surface area (Å²) in [7, 11) is 0. The maximum atomic E-state index is 13.3. The SMILES string of the molecule is O=C(OC[C@H]1O[C@@H](n2c(=O)[nH]c(=O)c3ncsc32)[C@H](OC(=O)c2ccccc2)[C@@H]1OC(=O)c1ccccc1)c1ccccc1. The van der Waals surface area contributed by atoms with Crippen LogP contribution in [0.5, 0.6) is 0 Å². The van der Waals surface area contributed by atoms with Crippen molar-refractivity contribution in [3.63, 3.8) is 0 Å². The van der Waals surface area contributed by atoms with Crippen LogP contribution in [0, 0.1) is 0 Å². The second-order valence-electron chi connectivity index (χ2n) is 9.64. The molecule has 0 radical (unpaired) electrons. The number of carbonyl (C=O) groups excluding carboxylic acids is 3. The van der Waals surface area contributed by atoms with Gasteiger partial charge in [0.1, 0.15) is 17.5 Å². The molecule has 0 bridgehead atoms. The smallest absolute Gasteiger partial charge is 0.338 e. The molecule has 0 spiro atoms. The Bertz CT molecular complexity index is 1920. The lowest BCUT2D eigenvalue weighted by atomic mass is 10.1. The number of ether oxygens (including phenoxy) is 4. The van der Waals surface area contributed by atoms with Crippen molar-refractivity contribution in [1.82, 2.24) is 14.5 Å². The first-order chi connectivity index (χ1) is 21.4. The van der Waals surface area contributed by atoms with Crippen LogP contribution in [0.1, 0.15) is 37.3 Å². The second kappa shape index (κ2) is 12.5. The Morgan fingerprint density at radius 3 is 1.86 bits per heavy atom. The first-order valence-corrected chi connectivity index (χ1v) is 14.3. The Balaban J connectivity index is 1.41. The molecule has 3 aromatic carbocycles. The standard InChI is InChI=1S/C31H23N3O9S/c35-25-22-27(44-17-32-22)34(31(39)33-25)26-24(43-30(38)20-14-8-3-9-15-20)23(42-29(37)19-12-6-2-7-13-19)21(41-26)16-40-28(36)18-10-4-1-5-11-18/h1-15,17,21,23-24,26H,16H2,(H,33,35,39)/t21-,23-,24-,26-/m1/s1. The number of aromatic nitrogens is 3. The van der Waals surface area contributed by atoms with Gasteiger partial charge in [0, 0.05) is 0 Å². The van der Waals surface area contributed by atoms with E-state index in [4.69, 9.17) is 18.9 Å². The van der Waals surface area contributed by atoms with Gasteiger partial charge in [-0.25, -0.2) is 24.2 Å². The van der Waals surface area contributed by atoms with Crippen molar-refractivity contribution in [2.24, 2.45) is 0 Å². The second-order valence-corrected chi connectivity index (χ2v) is 10.5. The minimum atomic E-state index is -1.43. The number of rotatable bonds is 8. The third-order valence-corrected chi connectivity index (χ3v) is 7.68. The fourth-order valence-electron chi connectivity index (χ4n) is 4.77. The quantitative estimate of drug-likeness (QED) is 0.203. The van der Waals surface area contributed by atoms with Gasteiger partial charge in [0.25, 0.3) is 5.56 Å². The van der Waals surface area contributed by atoms with Crippen LogP contribution in [-0.4, -0.2) is 57.4 Å². The van der Waals surface area contributed by atoms with E-state index in [2.05, 4.69) is 9.97 Å². The fraction of sp³-hybridized carbons (Fsp3) is 0.161. The average Bonchev–Trinajstić information content (AvgIpc) is 3.67. The third-order valence-electron chi connectivity index (χ3n) is 6.86. The molecule has 1 aliphatic rings. The number of fused-ring (bicyclic) bond motifs is 1. The molecular formula is C31H23N3O9S. The number of carbonyl (C=O) groups is 3. The highest BCUT2D eigenvalue weighted by Crippen LogP contribution is 2.36. The van der Waals surface area contributed by atoms with E-state index in [0.717, 1.165) is 15.9 Å². The molecule has 1 aliphatic heterocycles. The summed E-state index contributed by atoms with van der Waals surface area (Å²) in [4.78, 5) is 71.5. The molecule has 12 nitrogen and oxygen atoms in total. The molecule has 0 unspecified atom stereocenters. The predicted octanol–water partition coefficient (Wildman–Crippen LogP) is 3.35. The summed E-state index contributed by atoms with van der Waals surface area (Å²) in [5.41, 5.74) is 0.428. The van der Waals surface area contributed by atoms with Crippen molar-refractivity contribution in [3.8, 4) is 0 Å². The number of benzene rings is 3. The lowest BCUT2D eigenvalue weighted by Gasteiger charge is -2.25. The molecule has 13 heteroatoms. The van der Waals surface area contributed by atoms with E-state index >= 15 is 0 Å². The highest BCUT2D eigenvalue weighted by atomic mass is 32.1. The van der Waals surface area contributed by atoms with E-state index in [1.165, 1.54) is 17.6 Å². The van der Waals surface area contributed by atoms with Crippen molar-refractivity contribution in [2.45, 2.75) is 24.5 Å². The summed E-state index contributed by atoms with van der Waals surface area (Å²) in [6.45, 7) is -0.430. The highest BCUT2D eigenvalue weighted by Gasteiger charge is 2.52. The molecule has 222 valence electrons. The van der Waals surface area contributed by atoms with E-state index < -0.39 is 60.3 Å². The molecule has 44 heavy (non-hydrogen) atoms. The number of thiazole rings is 1. The molecule has 1 fully saturated rings. The van der Waals surface area contributed by atoms with Gasteiger partial charge in [-0.3, -0.25) is 14.3 Å². The van der Waals surface area contributed by atoms with Crippen molar-refractivity contribution in [3.05, 3.63) is 134 Å². The molecule has 0 amide bonds. The van der Waals surface area contributed by atoms with Gasteiger partial charge in [-0.05, 0) is 36.4 Å². The van der Waals surface area contributed by atoms with Crippen LogP contribution < -0.4 is 11.2 Å². The van der Waals surface area contributed by atoms with Gasteiger partial charge in [0.15, 0.2) is 24.0 Å². The number of nitrogens with one attached hydrogen (secondary N) is 1. The van der Waals surface area contributed by atoms with E-state index in [1.807, 2.05) is 0 Å². The Hall–Kier alpha value is -5.40. The number of hydrogen-bond donors (Lipinski definition) is 1. The first-order valence-electron chi connectivity index (χ1n) is 13.4. The Morgan fingerprint density at radius 1 is 0.773 bits per heavy atom. The minimum Gasteiger partial charge on any atom is -0.459 e. The topological polar surface area (TPSA) is 156 Å². The summed E-state index contributed by atoms with van der Waals surface area (Å²) >= 11 is 0.993. The van der Waals surface area contributed by atoms with Gasteiger partial charge >= 0.3 is 23.6 Å². The van der Waals surface area contributed by atoms with Gasteiger partial charge in [-0.2, -0.15) is 0 Å². The fourth-order valence-corrected chi connectivity index (χ4v) is 5.59. The van der Waals surface area contributed by atoms with Crippen molar-refractivity contribution in [2.75, 3.05) is 6.61 Å². The van der Waals surface area contributed by atoms with Crippen LogP contribution in [0.4, 0.5) is 0 Å². The first kappa shape index (κ1) is 28.7. The molecule has 0 aliphatic carbocycles. The summed E-state index contributed by atoms with van der Waals surface area (Å²) < 4.78 is 24.6. The lowest BCUT2D eigenvalue weighted by molar-refractivity contribution is -0.0618. The van der Waals surface area contributed by atoms with E-state index in [0.29, 0.717) is 0 Å². The zero-order valence-corrected chi connectivity index (χ0v) is 23.5. The maximum Gasteiger partial charge on any atom is 0.338 e. The Kier molecular flexibility index (Phi) is 8.12. The average molecular weight is 614 g/mol. The van der Waals surface area contributed by atoms with E-state index in [1.54, 1.807) is 78.9 Å². The van der Waals surface area contributed by atoms with Crippen LogP contribution in [-0.2, 0) is 18.9 Å². The zero-order chi connectivity index (χ0) is 30.6. The number of aromatic amines is 1. The largest absolute Gasteiger partial charge is 0.459 e. The number of nitrogens with zero attached hydrogens (tertiary/aromatic N) is 2.